The van der Waals surface area contributed by atoms with E-state index in [4.69, 9.17) is 4.52 Å². The summed E-state index contributed by atoms with van der Waals surface area (Å²) in [7, 11) is -3.50. The number of hydrogen-bond donors (Lipinski definition) is 1. The Balaban J connectivity index is 2.13. The van der Waals surface area contributed by atoms with Crippen molar-refractivity contribution in [3.8, 4) is 0 Å². The van der Waals surface area contributed by atoms with E-state index in [1.54, 1.807) is 25.1 Å². The number of rotatable bonds is 6. The van der Waals surface area contributed by atoms with E-state index < -0.39 is 10.0 Å². The fourth-order valence-corrected chi connectivity index (χ4v) is 3.28. The predicted octanol–water partition coefficient (Wildman–Crippen LogP) is 2.39. The van der Waals surface area contributed by atoms with Crippen LogP contribution in [0.5, 0.6) is 0 Å². The molecule has 0 radical (unpaired) electrons. The molecular formula is C16H21N3O4S. The normalized spacial score (nSPS) is 11.3. The van der Waals surface area contributed by atoms with Crippen LogP contribution in [0.2, 0.25) is 0 Å². The lowest BCUT2D eigenvalue weighted by atomic mass is 10.1. The van der Waals surface area contributed by atoms with E-state index in [-0.39, 0.29) is 18.9 Å². The van der Waals surface area contributed by atoms with Gasteiger partial charge in [-0.05, 0) is 38.0 Å². The Morgan fingerprint density at radius 2 is 2.00 bits per heavy atom. The monoisotopic (exact) mass is 351 g/mol. The molecule has 0 saturated carbocycles. The third-order valence-corrected chi connectivity index (χ3v) is 4.86. The topological polar surface area (TPSA) is 92.5 Å². The van der Waals surface area contributed by atoms with Crippen LogP contribution in [0.15, 0.2) is 28.8 Å². The number of carbonyl (C=O) groups excluding carboxylic acids is 1. The summed E-state index contributed by atoms with van der Waals surface area (Å²) in [5.41, 5.74) is 2.45. The van der Waals surface area contributed by atoms with Crippen LogP contribution in [0.1, 0.15) is 23.3 Å². The second-order valence-electron chi connectivity index (χ2n) is 5.68. The van der Waals surface area contributed by atoms with Gasteiger partial charge in [0, 0.05) is 19.0 Å². The Morgan fingerprint density at radius 1 is 1.29 bits per heavy atom. The van der Waals surface area contributed by atoms with Gasteiger partial charge in [-0.25, -0.2) is 8.42 Å². The summed E-state index contributed by atoms with van der Waals surface area (Å²) in [6.07, 6.45) is 1.14. The molecule has 8 heteroatoms. The number of hydrogen-bond acceptors (Lipinski definition) is 5. The van der Waals surface area contributed by atoms with Crippen LogP contribution in [0.3, 0.4) is 0 Å². The summed E-state index contributed by atoms with van der Waals surface area (Å²) in [4.78, 5) is 12.0. The second-order valence-corrected chi connectivity index (χ2v) is 7.58. The maximum absolute atomic E-state index is 12.1. The van der Waals surface area contributed by atoms with E-state index in [0.717, 1.165) is 17.4 Å². The van der Waals surface area contributed by atoms with Crippen molar-refractivity contribution in [2.75, 3.05) is 22.4 Å². The zero-order valence-electron chi connectivity index (χ0n) is 14.2. The van der Waals surface area contributed by atoms with Gasteiger partial charge >= 0.3 is 0 Å². The molecule has 2 rings (SSSR count). The van der Waals surface area contributed by atoms with Crippen LogP contribution < -0.4 is 9.62 Å². The second kappa shape index (κ2) is 7.04. The maximum atomic E-state index is 12.1. The molecule has 1 N–H and O–H groups in total. The van der Waals surface area contributed by atoms with Crippen molar-refractivity contribution in [2.24, 2.45) is 0 Å². The Kier molecular flexibility index (Phi) is 5.28. The summed E-state index contributed by atoms with van der Waals surface area (Å²) in [5, 5.41) is 6.26. The zero-order chi connectivity index (χ0) is 17.9. The van der Waals surface area contributed by atoms with Crippen molar-refractivity contribution >= 4 is 27.4 Å². The van der Waals surface area contributed by atoms with Gasteiger partial charge in [0.1, 0.15) is 5.76 Å². The molecule has 24 heavy (non-hydrogen) atoms. The van der Waals surface area contributed by atoms with Crippen LogP contribution in [0.25, 0.3) is 0 Å². The number of nitrogens with one attached hydrogen (secondary N) is 1. The fourth-order valence-electron chi connectivity index (χ4n) is 2.30. The summed E-state index contributed by atoms with van der Waals surface area (Å²) in [6.45, 7) is 5.54. The lowest BCUT2D eigenvalue weighted by Gasteiger charge is -2.24. The zero-order valence-corrected chi connectivity index (χ0v) is 15.0. The highest BCUT2D eigenvalue weighted by molar-refractivity contribution is 7.92. The van der Waals surface area contributed by atoms with E-state index >= 15 is 0 Å². The molecule has 0 fully saturated rings. The lowest BCUT2D eigenvalue weighted by Crippen LogP contribution is -2.33. The van der Waals surface area contributed by atoms with Gasteiger partial charge in [0.15, 0.2) is 5.82 Å². The highest BCUT2D eigenvalue weighted by Crippen LogP contribution is 2.25. The number of amides is 1. The maximum Gasteiger partial charge on any atom is 0.232 e. The van der Waals surface area contributed by atoms with Crippen LogP contribution in [0, 0.1) is 20.8 Å². The summed E-state index contributed by atoms with van der Waals surface area (Å²) in [5.74, 6) is 0.566. The van der Waals surface area contributed by atoms with Gasteiger partial charge in [0.05, 0.1) is 11.9 Å². The highest BCUT2D eigenvalue weighted by atomic mass is 32.2. The smallest absolute Gasteiger partial charge is 0.232 e. The standard InChI is InChI=1S/C16H21N3O4S/c1-11-6-5-7-14(13(11)3)19(24(4,21)22)9-8-16(20)17-15-10-12(2)23-18-15/h5-7,10H,8-9H2,1-4H3,(H,17,18,20). The first kappa shape index (κ1) is 18.0. The molecule has 1 aromatic heterocycles. The van der Waals surface area contributed by atoms with Crippen molar-refractivity contribution in [1.82, 2.24) is 5.16 Å². The van der Waals surface area contributed by atoms with E-state index in [1.165, 1.54) is 4.31 Å². The first-order valence-corrected chi connectivity index (χ1v) is 9.30. The van der Waals surface area contributed by atoms with Crippen LogP contribution in [-0.2, 0) is 14.8 Å². The highest BCUT2D eigenvalue weighted by Gasteiger charge is 2.21. The first-order chi connectivity index (χ1) is 11.2. The van der Waals surface area contributed by atoms with Gasteiger partial charge < -0.3 is 9.84 Å². The summed E-state index contributed by atoms with van der Waals surface area (Å²) in [6, 6.07) is 7.05. The molecule has 1 amide bonds. The molecule has 0 aliphatic carbocycles. The quantitative estimate of drug-likeness (QED) is 0.862. The van der Waals surface area contributed by atoms with E-state index in [9.17, 15) is 13.2 Å². The molecule has 0 aliphatic rings. The molecular weight excluding hydrogens is 330 g/mol. The van der Waals surface area contributed by atoms with Gasteiger partial charge in [0.25, 0.3) is 0 Å². The molecule has 0 saturated heterocycles. The largest absolute Gasteiger partial charge is 0.360 e. The molecule has 0 spiro atoms. The Hall–Kier alpha value is -2.35. The minimum Gasteiger partial charge on any atom is -0.360 e. The van der Waals surface area contributed by atoms with Gasteiger partial charge in [-0.2, -0.15) is 0 Å². The third-order valence-electron chi connectivity index (χ3n) is 3.68. The Morgan fingerprint density at radius 3 is 2.58 bits per heavy atom. The molecule has 2 aromatic rings. The molecule has 0 unspecified atom stereocenters. The minimum absolute atomic E-state index is 0.00631. The number of aryl methyl sites for hydroxylation is 2. The van der Waals surface area contributed by atoms with E-state index in [2.05, 4.69) is 10.5 Å². The Labute approximate surface area is 141 Å². The fraction of sp³-hybridized carbons (Fsp3) is 0.375. The number of aromatic nitrogens is 1. The van der Waals surface area contributed by atoms with Crippen molar-refractivity contribution in [3.63, 3.8) is 0 Å². The molecule has 7 nitrogen and oxygen atoms in total. The van der Waals surface area contributed by atoms with Crippen molar-refractivity contribution < 1.29 is 17.7 Å². The number of benzene rings is 1. The average molecular weight is 351 g/mol. The van der Waals surface area contributed by atoms with Crippen LogP contribution in [0.4, 0.5) is 11.5 Å². The average Bonchev–Trinajstić information content (AvgIpc) is 2.87. The minimum atomic E-state index is -3.50. The molecule has 1 aromatic carbocycles. The van der Waals surface area contributed by atoms with Gasteiger partial charge in [-0.3, -0.25) is 9.10 Å². The van der Waals surface area contributed by atoms with Gasteiger partial charge in [-0.15, -0.1) is 0 Å². The lowest BCUT2D eigenvalue weighted by molar-refractivity contribution is -0.116. The van der Waals surface area contributed by atoms with Crippen molar-refractivity contribution in [1.29, 1.82) is 0 Å². The Bertz CT molecular complexity index is 843. The molecule has 0 aliphatic heterocycles. The number of sulfonamides is 1. The molecule has 130 valence electrons. The predicted molar refractivity (Wildman–Crippen MR) is 92.6 cm³/mol. The molecule has 0 bridgehead atoms. The van der Waals surface area contributed by atoms with Crippen LogP contribution in [-0.4, -0.2) is 32.3 Å². The number of nitrogens with zero attached hydrogens (tertiary/aromatic N) is 2. The summed E-state index contributed by atoms with van der Waals surface area (Å²) < 4.78 is 30.4. The van der Waals surface area contributed by atoms with Gasteiger partial charge in [0.2, 0.25) is 15.9 Å². The SMILES string of the molecule is Cc1cc(NC(=O)CCN(c2cccc(C)c2C)S(C)(=O)=O)no1. The van der Waals surface area contributed by atoms with Gasteiger partial charge in [-0.1, -0.05) is 17.3 Å². The summed E-state index contributed by atoms with van der Waals surface area (Å²) >= 11 is 0. The molecule has 0 atom stereocenters. The van der Waals surface area contributed by atoms with Crippen molar-refractivity contribution in [3.05, 3.63) is 41.2 Å². The van der Waals surface area contributed by atoms with E-state index in [1.807, 2.05) is 19.9 Å². The van der Waals surface area contributed by atoms with E-state index in [0.29, 0.717) is 17.3 Å². The van der Waals surface area contributed by atoms with Crippen molar-refractivity contribution in [2.45, 2.75) is 27.2 Å². The third kappa shape index (κ3) is 4.35. The first-order valence-electron chi connectivity index (χ1n) is 7.45. The number of carbonyl (C=O) groups is 1. The van der Waals surface area contributed by atoms with Crippen LogP contribution >= 0.6 is 0 Å². The molecule has 1 heterocycles. The number of anilines is 2.